The average molecular weight is 298 g/mol. The number of ether oxygens (including phenoxy) is 2. The molecule has 0 atom stereocenters. The van der Waals surface area contributed by atoms with Gasteiger partial charge >= 0.3 is 12.1 Å². The van der Waals surface area contributed by atoms with Gasteiger partial charge in [-0.15, -0.1) is 0 Å². The number of nitrogens with one attached hydrogen (secondary N) is 1. The second-order valence-corrected chi connectivity index (χ2v) is 6.17. The lowest BCUT2D eigenvalue weighted by atomic mass is 9.86. The summed E-state index contributed by atoms with van der Waals surface area (Å²) in [5.74, 6) is -0.409. The maximum atomic E-state index is 12.0. The van der Waals surface area contributed by atoms with Crippen LogP contribution in [0.1, 0.15) is 59.8 Å². The molecule has 1 aliphatic rings. The first-order chi connectivity index (χ1) is 9.83. The number of carbonyl (C=O) groups is 2. The van der Waals surface area contributed by atoms with Crippen LogP contribution in [0.25, 0.3) is 0 Å². The van der Waals surface area contributed by atoms with Crippen LogP contribution < -0.4 is 5.43 Å². The molecule has 0 unspecified atom stereocenters. The molecule has 1 fully saturated rings. The van der Waals surface area contributed by atoms with Crippen molar-refractivity contribution in [1.82, 2.24) is 5.43 Å². The summed E-state index contributed by atoms with van der Waals surface area (Å²) in [7, 11) is 0. The quantitative estimate of drug-likeness (QED) is 0.491. The van der Waals surface area contributed by atoms with Crippen LogP contribution in [0, 0.1) is 5.92 Å². The molecule has 0 saturated heterocycles. The summed E-state index contributed by atoms with van der Waals surface area (Å²) in [5, 5.41) is 3.97. The van der Waals surface area contributed by atoms with Gasteiger partial charge in [-0.05, 0) is 40.5 Å². The molecule has 6 heteroatoms. The average Bonchev–Trinajstić information content (AvgIpc) is 2.38. The molecule has 0 bridgehead atoms. The van der Waals surface area contributed by atoms with Crippen LogP contribution in [0.5, 0.6) is 0 Å². The van der Waals surface area contributed by atoms with Gasteiger partial charge in [-0.25, -0.2) is 15.0 Å². The predicted molar refractivity (Wildman–Crippen MR) is 80.0 cm³/mol. The van der Waals surface area contributed by atoms with Crippen LogP contribution in [0.2, 0.25) is 0 Å². The summed E-state index contributed by atoms with van der Waals surface area (Å²) < 4.78 is 10.1. The highest BCUT2D eigenvalue weighted by Crippen LogP contribution is 2.25. The fourth-order valence-electron chi connectivity index (χ4n) is 2.29. The number of nitrogens with zero attached hydrogens (tertiary/aromatic N) is 1. The van der Waals surface area contributed by atoms with Gasteiger partial charge in [-0.2, -0.15) is 5.10 Å². The minimum atomic E-state index is -0.667. The van der Waals surface area contributed by atoms with E-state index in [2.05, 4.69) is 10.5 Å². The van der Waals surface area contributed by atoms with Gasteiger partial charge in [0, 0.05) is 5.92 Å². The van der Waals surface area contributed by atoms with E-state index in [1.165, 1.54) is 6.42 Å². The standard InChI is InChI=1S/C15H26N2O4/c1-5-20-13(18)12(11-9-7-6-8-10-11)16-17-14(19)21-15(2,3)4/h11H,5-10H2,1-4H3,(H,17,19). The van der Waals surface area contributed by atoms with Crippen LogP contribution in [-0.2, 0) is 14.3 Å². The molecule has 1 aliphatic carbocycles. The fourth-order valence-corrected chi connectivity index (χ4v) is 2.29. The van der Waals surface area contributed by atoms with Crippen molar-refractivity contribution in [2.24, 2.45) is 11.0 Å². The lowest BCUT2D eigenvalue weighted by molar-refractivity contribution is -0.135. The van der Waals surface area contributed by atoms with Crippen LogP contribution in [-0.4, -0.2) is 30.0 Å². The largest absolute Gasteiger partial charge is 0.461 e. The molecule has 0 aromatic carbocycles. The third-order valence-corrected chi connectivity index (χ3v) is 3.14. The van der Waals surface area contributed by atoms with E-state index in [0.29, 0.717) is 5.71 Å². The first-order valence-corrected chi connectivity index (χ1v) is 7.57. The maximum absolute atomic E-state index is 12.0. The van der Waals surface area contributed by atoms with E-state index < -0.39 is 17.7 Å². The number of hydrogen-bond acceptors (Lipinski definition) is 5. The Labute approximate surface area is 126 Å². The van der Waals surface area contributed by atoms with Crippen LogP contribution >= 0.6 is 0 Å². The monoisotopic (exact) mass is 298 g/mol. The highest BCUT2D eigenvalue weighted by molar-refractivity contribution is 6.37. The Morgan fingerprint density at radius 3 is 2.33 bits per heavy atom. The van der Waals surface area contributed by atoms with Crippen molar-refractivity contribution in [2.45, 2.75) is 65.4 Å². The molecule has 6 nitrogen and oxygen atoms in total. The number of esters is 1. The molecule has 0 aromatic rings. The van der Waals surface area contributed by atoms with Crippen molar-refractivity contribution >= 4 is 17.8 Å². The van der Waals surface area contributed by atoms with Crippen molar-refractivity contribution in [3.05, 3.63) is 0 Å². The van der Waals surface area contributed by atoms with E-state index in [-0.39, 0.29) is 12.5 Å². The molecule has 1 rings (SSSR count). The lowest BCUT2D eigenvalue weighted by Gasteiger charge is -2.22. The van der Waals surface area contributed by atoms with E-state index >= 15 is 0 Å². The van der Waals surface area contributed by atoms with Crippen molar-refractivity contribution in [1.29, 1.82) is 0 Å². The van der Waals surface area contributed by atoms with Gasteiger partial charge in [0.15, 0.2) is 0 Å². The summed E-state index contributed by atoms with van der Waals surface area (Å²) in [4.78, 5) is 23.6. The first kappa shape index (κ1) is 17.5. The summed E-state index contributed by atoms with van der Waals surface area (Å²) in [5.41, 5.74) is 1.99. The van der Waals surface area contributed by atoms with Crippen molar-refractivity contribution in [3.63, 3.8) is 0 Å². The minimum Gasteiger partial charge on any atom is -0.461 e. The lowest BCUT2D eigenvalue weighted by Crippen LogP contribution is -2.34. The van der Waals surface area contributed by atoms with Crippen molar-refractivity contribution < 1.29 is 19.1 Å². The molecule has 21 heavy (non-hydrogen) atoms. The number of carbonyl (C=O) groups excluding carboxylic acids is 2. The Morgan fingerprint density at radius 2 is 1.81 bits per heavy atom. The van der Waals surface area contributed by atoms with Gasteiger partial charge in [-0.3, -0.25) is 0 Å². The fraction of sp³-hybridized carbons (Fsp3) is 0.800. The SMILES string of the molecule is CCOC(=O)C(=NNC(=O)OC(C)(C)C)C1CCCCC1. The molecule has 1 N–H and O–H groups in total. The minimum absolute atomic E-state index is 0.0488. The highest BCUT2D eigenvalue weighted by atomic mass is 16.6. The van der Waals surface area contributed by atoms with Crippen LogP contribution in [0.15, 0.2) is 5.10 Å². The Morgan fingerprint density at radius 1 is 1.19 bits per heavy atom. The summed E-state index contributed by atoms with van der Waals surface area (Å²) in [6.07, 6.45) is 4.43. The summed E-state index contributed by atoms with van der Waals surface area (Å²) in [6.45, 7) is 7.34. The molecule has 0 heterocycles. The first-order valence-electron chi connectivity index (χ1n) is 7.57. The molecule has 0 spiro atoms. The maximum Gasteiger partial charge on any atom is 0.428 e. The molecule has 0 radical (unpaired) electrons. The molecule has 1 saturated carbocycles. The van der Waals surface area contributed by atoms with Crippen molar-refractivity contribution in [2.75, 3.05) is 6.61 Å². The molecule has 0 aromatic heterocycles. The van der Waals surface area contributed by atoms with E-state index in [4.69, 9.17) is 9.47 Å². The van der Waals surface area contributed by atoms with Crippen molar-refractivity contribution in [3.8, 4) is 0 Å². The zero-order chi connectivity index (χ0) is 15.9. The van der Waals surface area contributed by atoms with Gasteiger partial charge in [0.1, 0.15) is 11.3 Å². The van der Waals surface area contributed by atoms with Gasteiger partial charge in [0.2, 0.25) is 0 Å². The van der Waals surface area contributed by atoms with Crippen LogP contribution in [0.3, 0.4) is 0 Å². The molecular weight excluding hydrogens is 272 g/mol. The van der Waals surface area contributed by atoms with Gasteiger partial charge in [-0.1, -0.05) is 19.3 Å². The van der Waals surface area contributed by atoms with E-state index in [1.807, 2.05) is 0 Å². The normalized spacial score (nSPS) is 17.2. The molecule has 0 aliphatic heterocycles. The van der Waals surface area contributed by atoms with Crippen LogP contribution in [0.4, 0.5) is 4.79 Å². The Bertz CT molecular complexity index is 393. The number of rotatable bonds is 4. The third kappa shape index (κ3) is 6.60. The molecular formula is C15H26N2O4. The summed E-state index contributed by atoms with van der Waals surface area (Å²) >= 11 is 0. The molecule has 1 amide bonds. The number of amides is 1. The van der Waals surface area contributed by atoms with E-state index in [1.54, 1.807) is 27.7 Å². The zero-order valence-corrected chi connectivity index (χ0v) is 13.4. The van der Waals surface area contributed by atoms with Gasteiger partial charge in [0.05, 0.1) is 6.61 Å². The number of hydrazone groups is 1. The third-order valence-electron chi connectivity index (χ3n) is 3.14. The second kappa shape index (κ2) is 8.00. The van der Waals surface area contributed by atoms with Gasteiger partial charge < -0.3 is 9.47 Å². The summed E-state index contributed by atoms with van der Waals surface area (Å²) in [6, 6.07) is 0. The Balaban J connectivity index is 2.72. The van der Waals surface area contributed by atoms with E-state index in [0.717, 1.165) is 25.7 Å². The predicted octanol–water partition coefficient (Wildman–Crippen LogP) is 3.01. The number of hydrogen-bond donors (Lipinski definition) is 1. The highest BCUT2D eigenvalue weighted by Gasteiger charge is 2.27. The molecule has 120 valence electrons. The van der Waals surface area contributed by atoms with Gasteiger partial charge in [0.25, 0.3) is 0 Å². The smallest absolute Gasteiger partial charge is 0.428 e. The zero-order valence-electron chi connectivity index (χ0n) is 13.4. The van der Waals surface area contributed by atoms with E-state index in [9.17, 15) is 9.59 Å². The topological polar surface area (TPSA) is 77.0 Å². The Kier molecular flexibility index (Phi) is 6.65. The Hall–Kier alpha value is -1.59. The second-order valence-electron chi connectivity index (χ2n) is 6.17.